The fourth-order valence-corrected chi connectivity index (χ4v) is 4.57. The number of hydrogen-bond donors (Lipinski definition) is 1. The van der Waals surface area contributed by atoms with Gasteiger partial charge in [0.25, 0.3) is 5.56 Å². The van der Waals surface area contributed by atoms with Crippen molar-refractivity contribution < 1.29 is 9.53 Å². The van der Waals surface area contributed by atoms with Gasteiger partial charge >= 0.3 is 0 Å². The molecule has 148 valence electrons. The molecule has 0 aliphatic rings. The molecule has 2 aromatic heterocycles. The van der Waals surface area contributed by atoms with Gasteiger partial charge in [0.15, 0.2) is 5.16 Å². The Morgan fingerprint density at radius 3 is 2.82 bits per heavy atom. The summed E-state index contributed by atoms with van der Waals surface area (Å²) in [6.45, 7) is 5.07. The molecule has 0 aliphatic carbocycles. The Kier molecular flexibility index (Phi) is 6.53. The summed E-state index contributed by atoms with van der Waals surface area (Å²) in [4.78, 5) is 30.2. The van der Waals surface area contributed by atoms with Crippen LogP contribution in [0.25, 0.3) is 21.3 Å². The monoisotopic (exact) mass is 417 g/mol. The highest BCUT2D eigenvalue weighted by Crippen LogP contribution is 2.32. The lowest BCUT2D eigenvalue weighted by Crippen LogP contribution is -2.29. The van der Waals surface area contributed by atoms with Crippen molar-refractivity contribution in [3.05, 3.63) is 45.1 Å². The maximum Gasteiger partial charge on any atom is 0.263 e. The first-order valence-corrected chi connectivity index (χ1v) is 10.7. The number of thioether (sulfide) groups is 1. The molecule has 0 fully saturated rings. The van der Waals surface area contributed by atoms with Gasteiger partial charge in [0.1, 0.15) is 4.83 Å². The summed E-state index contributed by atoms with van der Waals surface area (Å²) in [6, 6.07) is 6.21. The van der Waals surface area contributed by atoms with E-state index in [-0.39, 0.29) is 17.2 Å². The Labute approximate surface area is 171 Å². The molecule has 0 spiro atoms. The fourth-order valence-electron chi connectivity index (χ4n) is 2.78. The van der Waals surface area contributed by atoms with Crippen LogP contribution in [0.4, 0.5) is 0 Å². The number of ether oxygens (including phenoxy) is 1. The van der Waals surface area contributed by atoms with E-state index in [0.717, 1.165) is 11.1 Å². The van der Waals surface area contributed by atoms with E-state index in [1.807, 2.05) is 11.4 Å². The van der Waals surface area contributed by atoms with E-state index in [0.29, 0.717) is 28.5 Å². The van der Waals surface area contributed by atoms with Gasteiger partial charge in [0.05, 0.1) is 17.7 Å². The molecule has 0 radical (unpaired) electrons. The number of nitrogens with one attached hydrogen (secondary N) is 1. The first-order chi connectivity index (χ1) is 13.4. The average molecular weight is 418 g/mol. The molecule has 28 heavy (non-hydrogen) atoms. The molecule has 1 N–H and O–H groups in total. The number of carbonyl (C=O) groups is 1. The third-order valence-electron chi connectivity index (χ3n) is 4.55. The summed E-state index contributed by atoms with van der Waals surface area (Å²) in [5.41, 5.74) is 4.24. The summed E-state index contributed by atoms with van der Waals surface area (Å²) >= 11 is 2.71. The Balaban J connectivity index is 1.89. The number of benzene rings is 1. The third kappa shape index (κ3) is 4.29. The number of hydrogen-bond acceptors (Lipinski definition) is 6. The molecule has 1 aromatic carbocycles. The maximum atomic E-state index is 13.0. The van der Waals surface area contributed by atoms with E-state index < -0.39 is 0 Å². The molecule has 6 nitrogen and oxygen atoms in total. The molecule has 0 aliphatic heterocycles. The summed E-state index contributed by atoms with van der Waals surface area (Å²) in [5.74, 6) is 0.0867. The molecule has 3 rings (SSSR count). The minimum Gasteiger partial charge on any atom is -0.383 e. The second kappa shape index (κ2) is 8.89. The summed E-state index contributed by atoms with van der Waals surface area (Å²) < 4.78 is 6.43. The van der Waals surface area contributed by atoms with Crippen molar-refractivity contribution in [2.75, 3.05) is 26.0 Å². The van der Waals surface area contributed by atoms with Gasteiger partial charge in [-0.05, 0) is 30.5 Å². The molecular weight excluding hydrogens is 394 g/mol. The fraction of sp³-hybridized carbons (Fsp3) is 0.350. The molecule has 0 atom stereocenters. The maximum absolute atomic E-state index is 13.0. The van der Waals surface area contributed by atoms with E-state index in [9.17, 15) is 9.59 Å². The van der Waals surface area contributed by atoms with Gasteiger partial charge in [-0.3, -0.25) is 14.2 Å². The molecule has 0 saturated carbocycles. The number of fused-ring (bicyclic) bond motifs is 1. The summed E-state index contributed by atoms with van der Waals surface area (Å²) in [5, 5.41) is 5.91. The van der Waals surface area contributed by atoms with Gasteiger partial charge in [-0.1, -0.05) is 30.0 Å². The largest absolute Gasteiger partial charge is 0.383 e. The highest BCUT2D eigenvalue weighted by Gasteiger charge is 2.16. The standard InChI is InChI=1S/C20H23N3O3S2/c1-12-5-6-14(9-13(12)2)15-10-27-18-17(15)19(25)23(3)20(22-18)28-11-16(24)21-7-8-26-4/h5-6,9-10H,7-8,11H2,1-4H3,(H,21,24). The van der Waals surface area contributed by atoms with Crippen LogP contribution in [0.3, 0.4) is 0 Å². The van der Waals surface area contributed by atoms with E-state index in [1.165, 1.54) is 38.8 Å². The highest BCUT2D eigenvalue weighted by atomic mass is 32.2. The van der Waals surface area contributed by atoms with Crippen molar-refractivity contribution in [3.63, 3.8) is 0 Å². The smallest absolute Gasteiger partial charge is 0.263 e. The predicted octanol–water partition coefficient (Wildman–Crippen LogP) is 3.13. The topological polar surface area (TPSA) is 73.2 Å². The first kappa shape index (κ1) is 20.6. The van der Waals surface area contributed by atoms with Gasteiger partial charge in [-0.25, -0.2) is 4.98 Å². The average Bonchev–Trinajstić information content (AvgIpc) is 3.10. The second-order valence-electron chi connectivity index (χ2n) is 6.52. The Hall–Kier alpha value is -2.16. The SMILES string of the molecule is COCCNC(=O)CSc1nc2scc(-c3ccc(C)c(C)c3)c2c(=O)n1C. The van der Waals surface area contributed by atoms with E-state index in [1.54, 1.807) is 14.2 Å². The number of carbonyl (C=O) groups excluding carboxylic acids is 1. The number of methoxy groups -OCH3 is 1. The number of aromatic nitrogens is 2. The van der Waals surface area contributed by atoms with E-state index in [2.05, 4.69) is 36.3 Å². The molecule has 0 saturated heterocycles. The third-order valence-corrected chi connectivity index (χ3v) is 6.45. The second-order valence-corrected chi connectivity index (χ2v) is 8.32. The van der Waals surface area contributed by atoms with Crippen molar-refractivity contribution in [2.45, 2.75) is 19.0 Å². The molecule has 0 bridgehead atoms. The van der Waals surface area contributed by atoms with Crippen molar-refractivity contribution in [1.82, 2.24) is 14.9 Å². The zero-order valence-electron chi connectivity index (χ0n) is 16.4. The van der Waals surface area contributed by atoms with Crippen LogP contribution in [-0.4, -0.2) is 41.5 Å². The van der Waals surface area contributed by atoms with E-state index in [4.69, 9.17) is 4.74 Å². The van der Waals surface area contributed by atoms with Crippen LogP contribution >= 0.6 is 23.1 Å². The highest BCUT2D eigenvalue weighted by molar-refractivity contribution is 7.99. The van der Waals surface area contributed by atoms with Gasteiger partial charge < -0.3 is 10.1 Å². The van der Waals surface area contributed by atoms with Crippen LogP contribution in [0.15, 0.2) is 33.5 Å². The zero-order valence-corrected chi connectivity index (χ0v) is 18.0. The summed E-state index contributed by atoms with van der Waals surface area (Å²) in [7, 11) is 3.28. The van der Waals surface area contributed by atoms with Crippen LogP contribution in [0.1, 0.15) is 11.1 Å². The van der Waals surface area contributed by atoms with E-state index >= 15 is 0 Å². The quantitative estimate of drug-likeness (QED) is 0.363. The normalized spacial score (nSPS) is 11.1. The molecule has 8 heteroatoms. The minimum atomic E-state index is -0.113. The van der Waals surface area contributed by atoms with Crippen LogP contribution in [-0.2, 0) is 16.6 Å². The zero-order chi connectivity index (χ0) is 20.3. The van der Waals surface area contributed by atoms with Crippen LogP contribution in [0.2, 0.25) is 0 Å². The molecule has 3 aromatic rings. The Morgan fingerprint density at radius 1 is 1.32 bits per heavy atom. The van der Waals surface area contributed by atoms with Crippen LogP contribution < -0.4 is 10.9 Å². The van der Waals surface area contributed by atoms with Gasteiger partial charge in [0, 0.05) is 31.6 Å². The van der Waals surface area contributed by atoms with Crippen LogP contribution in [0.5, 0.6) is 0 Å². The predicted molar refractivity (Wildman–Crippen MR) is 115 cm³/mol. The lowest BCUT2D eigenvalue weighted by Gasteiger charge is -2.09. The minimum absolute atomic E-state index is 0.0956. The van der Waals surface area contributed by atoms with Gasteiger partial charge in [0.2, 0.25) is 5.91 Å². The Bertz CT molecular complexity index is 1070. The van der Waals surface area contributed by atoms with Crippen molar-refractivity contribution in [3.8, 4) is 11.1 Å². The number of thiophene rings is 1. The van der Waals surface area contributed by atoms with Crippen molar-refractivity contribution in [1.29, 1.82) is 0 Å². The molecular formula is C20H23N3O3S2. The van der Waals surface area contributed by atoms with Crippen LogP contribution in [0, 0.1) is 13.8 Å². The molecule has 1 amide bonds. The molecule has 0 unspecified atom stereocenters. The Morgan fingerprint density at radius 2 is 2.11 bits per heavy atom. The van der Waals surface area contributed by atoms with Crippen molar-refractivity contribution in [2.24, 2.45) is 7.05 Å². The lowest BCUT2D eigenvalue weighted by molar-refractivity contribution is -0.118. The van der Waals surface area contributed by atoms with Gasteiger partial charge in [-0.2, -0.15) is 0 Å². The number of aryl methyl sites for hydroxylation is 2. The number of nitrogens with zero attached hydrogens (tertiary/aromatic N) is 2. The first-order valence-electron chi connectivity index (χ1n) is 8.86. The molecule has 2 heterocycles. The number of amides is 1. The van der Waals surface area contributed by atoms with Gasteiger partial charge in [-0.15, -0.1) is 11.3 Å². The number of rotatable bonds is 7. The lowest BCUT2D eigenvalue weighted by atomic mass is 10.0. The van der Waals surface area contributed by atoms with Crippen molar-refractivity contribution >= 4 is 39.2 Å². The summed E-state index contributed by atoms with van der Waals surface area (Å²) in [6.07, 6.45) is 0.